The average molecular weight is 187 g/mol. The van der Waals surface area contributed by atoms with Gasteiger partial charge in [0.05, 0.1) is 0 Å². The topological polar surface area (TPSA) is 26.0 Å². The average Bonchev–Trinajstić information content (AvgIpc) is 2.70. The van der Waals surface area contributed by atoms with Gasteiger partial charge in [-0.15, -0.1) is 0 Å². The summed E-state index contributed by atoms with van der Waals surface area (Å²) in [5, 5.41) is 0. The minimum Gasteiger partial charge on any atom is -0.398 e. The van der Waals surface area contributed by atoms with Crippen molar-refractivity contribution in [1.82, 2.24) is 0 Å². The molecule has 74 valence electrons. The summed E-state index contributed by atoms with van der Waals surface area (Å²) in [6.07, 6.45) is 5.26. The molecule has 0 atom stereocenters. The largest absolute Gasteiger partial charge is 0.398 e. The second kappa shape index (κ2) is 3.87. The molecule has 0 aromatic heterocycles. The van der Waals surface area contributed by atoms with Crippen molar-refractivity contribution >= 4 is 11.3 Å². The highest BCUT2D eigenvalue weighted by Gasteiger charge is 2.19. The van der Waals surface area contributed by atoms with E-state index in [1.54, 1.807) is 0 Å². The number of hydrogen-bond acceptors (Lipinski definition) is 1. The Morgan fingerprint density at radius 2 is 1.86 bits per heavy atom. The number of rotatable bonds is 2. The fraction of sp³-hybridized carbons (Fsp3) is 0.385. The Morgan fingerprint density at radius 1 is 1.21 bits per heavy atom. The van der Waals surface area contributed by atoms with Crippen LogP contribution in [0.25, 0.3) is 5.57 Å². The van der Waals surface area contributed by atoms with Crippen LogP contribution in [0.15, 0.2) is 30.8 Å². The monoisotopic (exact) mass is 187 g/mol. The van der Waals surface area contributed by atoms with Crippen LogP contribution >= 0.6 is 0 Å². The smallest absolute Gasteiger partial charge is 0.0390 e. The summed E-state index contributed by atoms with van der Waals surface area (Å²) in [6.45, 7) is 4.19. The number of benzene rings is 1. The molecule has 1 nitrogen and oxygen atoms in total. The lowest BCUT2D eigenvalue weighted by Crippen LogP contribution is -2.00. The van der Waals surface area contributed by atoms with Gasteiger partial charge in [-0.25, -0.2) is 0 Å². The Bertz CT molecular complexity index is 335. The van der Waals surface area contributed by atoms with Crippen molar-refractivity contribution in [2.75, 3.05) is 5.73 Å². The quantitative estimate of drug-likeness (QED) is 0.705. The van der Waals surface area contributed by atoms with Crippen LogP contribution in [0.1, 0.15) is 31.2 Å². The van der Waals surface area contributed by atoms with Gasteiger partial charge in [0.25, 0.3) is 0 Å². The van der Waals surface area contributed by atoms with E-state index in [1.165, 1.54) is 31.3 Å². The van der Waals surface area contributed by atoms with Crippen molar-refractivity contribution in [2.24, 2.45) is 5.92 Å². The van der Waals surface area contributed by atoms with Gasteiger partial charge in [-0.2, -0.15) is 0 Å². The summed E-state index contributed by atoms with van der Waals surface area (Å²) in [5.74, 6) is 0.666. The van der Waals surface area contributed by atoms with E-state index < -0.39 is 0 Å². The number of hydrogen-bond donors (Lipinski definition) is 1. The predicted molar refractivity (Wildman–Crippen MR) is 61.8 cm³/mol. The van der Waals surface area contributed by atoms with E-state index >= 15 is 0 Å². The molecule has 0 unspecified atom stereocenters. The van der Waals surface area contributed by atoms with Crippen LogP contribution in [-0.2, 0) is 0 Å². The van der Waals surface area contributed by atoms with Gasteiger partial charge >= 0.3 is 0 Å². The minimum absolute atomic E-state index is 0.666. The molecule has 1 heteroatoms. The normalized spacial score (nSPS) is 17.1. The molecule has 0 heterocycles. The van der Waals surface area contributed by atoms with Crippen LogP contribution < -0.4 is 5.73 Å². The fourth-order valence-corrected chi connectivity index (χ4v) is 2.28. The molecule has 0 amide bonds. The molecule has 2 N–H and O–H groups in total. The number of anilines is 1. The zero-order valence-electron chi connectivity index (χ0n) is 8.50. The third kappa shape index (κ3) is 1.67. The van der Waals surface area contributed by atoms with E-state index in [-0.39, 0.29) is 0 Å². The van der Waals surface area contributed by atoms with Crippen LogP contribution in [0, 0.1) is 5.92 Å². The maximum absolute atomic E-state index is 5.93. The second-order valence-corrected chi connectivity index (χ2v) is 4.09. The maximum atomic E-state index is 5.93. The van der Waals surface area contributed by atoms with Gasteiger partial charge in [0, 0.05) is 11.3 Å². The Kier molecular flexibility index (Phi) is 2.58. The molecule has 1 aliphatic carbocycles. The second-order valence-electron chi connectivity index (χ2n) is 4.09. The third-order valence-corrected chi connectivity index (χ3v) is 3.15. The lowest BCUT2D eigenvalue weighted by molar-refractivity contribution is 0.708. The van der Waals surface area contributed by atoms with Crippen molar-refractivity contribution in [3.63, 3.8) is 0 Å². The molecule has 1 saturated carbocycles. The summed E-state index contributed by atoms with van der Waals surface area (Å²) in [5.41, 5.74) is 9.18. The zero-order chi connectivity index (χ0) is 9.97. The molecule has 0 saturated heterocycles. The van der Waals surface area contributed by atoms with Crippen LogP contribution in [0.5, 0.6) is 0 Å². The zero-order valence-corrected chi connectivity index (χ0v) is 8.50. The molecule has 0 radical (unpaired) electrons. The highest BCUT2D eigenvalue weighted by atomic mass is 14.6. The van der Waals surface area contributed by atoms with Gasteiger partial charge in [-0.1, -0.05) is 37.6 Å². The summed E-state index contributed by atoms with van der Waals surface area (Å²) < 4.78 is 0. The highest BCUT2D eigenvalue weighted by Crippen LogP contribution is 2.37. The fourth-order valence-electron chi connectivity index (χ4n) is 2.28. The number of para-hydroxylation sites is 1. The Labute approximate surface area is 85.6 Å². The number of nitrogens with two attached hydrogens (primary N) is 1. The van der Waals surface area contributed by atoms with Crippen LogP contribution in [-0.4, -0.2) is 0 Å². The lowest BCUT2D eigenvalue weighted by atomic mass is 9.92. The van der Waals surface area contributed by atoms with Gasteiger partial charge in [0.2, 0.25) is 0 Å². The molecule has 0 aliphatic heterocycles. The van der Waals surface area contributed by atoms with Crippen molar-refractivity contribution in [1.29, 1.82) is 0 Å². The van der Waals surface area contributed by atoms with Gasteiger partial charge < -0.3 is 5.73 Å². The first-order valence-electron chi connectivity index (χ1n) is 5.32. The van der Waals surface area contributed by atoms with Gasteiger partial charge in [0.1, 0.15) is 0 Å². The summed E-state index contributed by atoms with van der Waals surface area (Å²) >= 11 is 0. The molecule has 1 fully saturated rings. The Balaban J connectivity index is 2.22. The van der Waals surface area contributed by atoms with Crippen LogP contribution in [0.3, 0.4) is 0 Å². The molecule has 1 aliphatic rings. The Hall–Kier alpha value is -1.24. The predicted octanol–water partition coefficient (Wildman–Crippen LogP) is 3.47. The molecule has 0 spiro atoms. The van der Waals surface area contributed by atoms with E-state index in [2.05, 4.69) is 12.6 Å². The Morgan fingerprint density at radius 3 is 2.50 bits per heavy atom. The van der Waals surface area contributed by atoms with Crippen molar-refractivity contribution < 1.29 is 0 Å². The van der Waals surface area contributed by atoms with Crippen LogP contribution in [0.4, 0.5) is 5.69 Å². The van der Waals surface area contributed by atoms with E-state index in [0.717, 1.165) is 11.3 Å². The lowest BCUT2D eigenvalue weighted by Gasteiger charge is -2.14. The molecule has 1 aromatic rings. The molecular formula is C13H17N. The number of nitrogen functional groups attached to an aromatic ring is 1. The standard InChI is InChI=1S/C13H17N/c1-10(11-6-2-3-7-11)12-8-4-5-9-13(12)14/h4-5,8-9,11H,1-3,6-7,14H2. The van der Waals surface area contributed by atoms with Crippen LogP contribution in [0.2, 0.25) is 0 Å². The third-order valence-electron chi connectivity index (χ3n) is 3.15. The van der Waals surface area contributed by atoms with Crippen molar-refractivity contribution in [2.45, 2.75) is 25.7 Å². The molecule has 14 heavy (non-hydrogen) atoms. The van der Waals surface area contributed by atoms with E-state index in [9.17, 15) is 0 Å². The summed E-state index contributed by atoms with van der Waals surface area (Å²) in [6, 6.07) is 8.04. The SMILES string of the molecule is C=C(c1ccccc1N)C1CCCC1. The first-order chi connectivity index (χ1) is 6.79. The number of allylic oxidation sites excluding steroid dienone is 1. The van der Waals surface area contributed by atoms with Gasteiger partial charge in [0.15, 0.2) is 0 Å². The first-order valence-corrected chi connectivity index (χ1v) is 5.32. The summed E-state index contributed by atoms with van der Waals surface area (Å²) in [4.78, 5) is 0. The van der Waals surface area contributed by atoms with Crippen molar-refractivity contribution in [3.05, 3.63) is 36.4 Å². The van der Waals surface area contributed by atoms with E-state index in [0.29, 0.717) is 5.92 Å². The molecule has 1 aromatic carbocycles. The van der Waals surface area contributed by atoms with Crippen molar-refractivity contribution in [3.8, 4) is 0 Å². The molecular weight excluding hydrogens is 170 g/mol. The summed E-state index contributed by atoms with van der Waals surface area (Å²) in [7, 11) is 0. The first kappa shape index (κ1) is 9.32. The van der Waals surface area contributed by atoms with Gasteiger partial charge in [-0.3, -0.25) is 0 Å². The maximum Gasteiger partial charge on any atom is 0.0390 e. The minimum atomic E-state index is 0.666. The molecule has 0 bridgehead atoms. The molecule has 2 rings (SSSR count). The highest BCUT2D eigenvalue weighted by molar-refractivity contribution is 5.74. The van der Waals surface area contributed by atoms with E-state index in [1.807, 2.05) is 18.2 Å². The van der Waals surface area contributed by atoms with Gasteiger partial charge in [-0.05, 0) is 30.4 Å². The van der Waals surface area contributed by atoms with E-state index in [4.69, 9.17) is 5.73 Å².